The highest BCUT2D eigenvalue weighted by Gasteiger charge is 2.36. The van der Waals surface area contributed by atoms with E-state index in [1.807, 2.05) is 0 Å². The zero-order valence-corrected chi connectivity index (χ0v) is 24.1. The summed E-state index contributed by atoms with van der Waals surface area (Å²) in [6, 6.07) is 0. The number of hydrogen-bond acceptors (Lipinski definition) is 2. The minimum absolute atomic E-state index is 0.152. The molecule has 1 fully saturated rings. The van der Waals surface area contributed by atoms with Crippen LogP contribution in [0.3, 0.4) is 0 Å². The molecule has 0 heterocycles. The number of ether oxygens (including phenoxy) is 1. The maximum absolute atomic E-state index is 14.9. The first kappa shape index (κ1) is 33.8. The SMILES string of the molecule is CCCCCCCCC[C@H]1CC[C@H](C(=O)Oc2c(F)c(F)c(-c3c(F)c(F)c(CCCC)c(F)c3F)c(F)c2F)CC1. The number of carbonyl (C=O) groups is 1. The summed E-state index contributed by atoms with van der Waals surface area (Å²) >= 11 is 0. The van der Waals surface area contributed by atoms with Crippen LogP contribution >= 0.6 is 0 Å². The molecule has 0 N–H and O–H groups in total. The molecule has 0 unspecified atom stereocenters. The number of hydrogen-bond donors (Lipinski definition) is 0. The number of esters is 1. The van der Waals surface area contributed by atoms with Gasteiger partial charge in [0.2, 0.25) is 17.4 Å². The molecule has 1 aliphatic rings. The maximum Gasteiger partial charge on any atom is 0.314 e. The Bertz CT molecular complexity index is 1180. The standard InChI is InChI=1S/C32H38F8O2/c1-3-5-7-8-9-10-11-12-18-14-16-19(17-15-18)32(41)42-31-29(39)27(37)22(28(38)30(31)40)21-25(35)23(33)20(13-6-4-2)24(34)26(21)36/h18-19H,3-17H2,1-2H3/t18-,19-. The second-order valence-corrected chi connectivity index (χ2v) is 11.2. The molecular weight excluding hydrogens is 568 g/mol. The van der Waals surface area contributed by atoms with E-state index in [0.717, 1.165) is 19.3 Å². The molecule has 0 bridgehead atoms. The van der Waals surface area contributed by atoms with Crippen molar-refractivity contribution in [3.63, 3.8) is 0 Å². The van der Waals surface area contributed by atoms with Gasteiger partial charge >= 0.3 is 5.97 Å². The lowest BCUT2D eigenvalue weighted by Gasteiger charge is -2.27. The minimum Gasteiger partial charge on any atom is -0.420 e. The van der Waals surface area contributed by atoms with E-state index >= 15 is 0 Å². The highest BCUT2D eigenvalue weighted by Crippen LogP contribution is 2.41. The first-order valence-corrected chi connectivity index (χ1v) is 15.0. The van der Waals surface area contributed by atoms with Gasteiger partial charge in [-0.15, -0.1) is 0 Å². The molecule has 1 aliphatic carbocycles. The van der Waals surface area contributed by atoms with Crippen LogP contribution in [0.25, 0.3) is 11.1 Å². The zero-order valence-electron chi connectivity index (χ0n) is 24.1. The van der Waals surface area contributed by atoms with Crippen molar-refractivity contribution in [2.75, 3.05) is 0 Å². The van der Waals surface area contributed by atoms with Gasteiger partial charge in [-0.25, -0.2) is 26.3 Å². The summed E-state index contributed by atoms with van der Waals surface area (Å²) in [6.45, 7) is 3.82. The average Bonchev–Trinajstić information content (AvgIpc) is 2.98. The average molecular weight is 607 g/mol. The van der Waals surface area contributed by atoms with Gasteiger partial charge in [-0.2, -0.15) is 8.78 Å². The summed E-state index contributed by atoms with van der Waals surface area (Å²) in [6.07, 6.45) is 11.5. The molecule has 0 amide bonds. The molecule has 0 saturated heterocycles. The van der Waals surface area contributed by atoms with Crippen LogP contribution < -0.4 is 4.74 Å². The van der Waals surface area contributed by atoms with Crippen LogP contribution in [0.15, 0.2) is 0 Å². The lowest BCUT2D eigenvalue weighted by molar-refractivity contribution is -0.140. The van der Waals surface area contributed by atoms with Crippen molar-refractivity contribution >= 4 is 5.97 Å². The van der Waals surface area contributed by atoms with Gasteiger partial charge in [0, 0.05) is 5.56 Å². The zero-order chi connectivity index (χ0) is 31.0. The minimum atomic E-state index is -2.35. The number of unbranched alkanes of at least 4 members (excludes halogenated alkanes) is 7. The lowest BCUT2D eigenvalue weighted by Crippen LogP contribution is -2.26. The molecule has 3 rings (SSSR count). The fourth-order valence-corrected chi connectivity index (χ4v) is 5.65. The summed E-state index contributed by atoms with van der Waals surface area (Å²) in [4.78, 5) is 12.6. The molecule has 0 radical (unpaired) electrons. The van der Waals surface area contributed by atoms with Gasteiger partial charge in [0.05, 0.1) is 17.0 Å². The van der Waals surface area contributed by atoms with Gasteiger partial charge < -0.3 is 4.74 Å². The first-order chi connectivity index (χ1) is 20.0. The monoisotopic (exact) mass is 606 g/mol. The second-order valence-electron chi connectivity index (χ2n) is 11.2. The maximum atomic E-state index is 14.9. The molecule has 0 atom stereocenters. The van der Waals surface area contributed by atoms with Crippen LogP contribution in [-0.2, 0) is 11.2 Å². The highest BCUT2D eigenvalue weighted by atomic mass is 19.2. The Balaban J connectivity index is 1.72. The Morgan fingerprint density at radius 2 is 1.05 bits per heavy atom. The third kappa shape index (κ3) is 7.64. The molecule has 2 aromatic carbocycles. The number of benzene rings is 2. The Kier molecular flexibility index (Phi) is 12.7. The van der Waals surface area contributed by atoms with Crippen LogP contribution in [0.5, 0.6) is 5.75 Å². The van der Waals surface area contributed by atoms with Gasteiger partial charge in [0.25, 0.3) is 0 Å². The molecule has 0 aromatic heterocycles. The highest BCUT2D eigenvalue weighted by molar-refractivity contribution is 5.76. The molecule has 2 nitrogen and oxygen atoms in total. The van der Waals surface area contributed by atoms with E-state index < -0.39 is 87.3 Å². The molecule has 234 valence electrons. The van der Waals surface area contributed by atoms with E-state index in [4.69, 9.17) is 4.74 Å². The van der Waals surface area contributed by atoms with Gasteiger partial charge in [-0.1, -0.05) is 71.6 Å². The topological polar surface area (TPSA) is 26.3 Å². The Labute approximate surface area is 241 Å². The van der Waals surface area contributed by atoms with E-state index in [2.05, 4.69) is 6.92 Å². The number of rotatable bonds is 14. The fourth-order valence-electron chi connectivity index (χ4n) is 5.65. The van der Waals surface area contributed by atoms with Crippen molar-refractivity contribution in [2.45, 2.75) is 110 Å². The number of halogens is 8. The molecule has 1 saturated carbocycles. The first-order valence-electron chi connectivity index (χ1n) is 15.0. The lowest BCUT2D eigenvalue weighted by atomic mass is 9.79. The van der Waals surface area contributed by atoms with E-state index in [0.29, 0.717) is 38.0 Å². The number of carbonyl (C=O) groups excluding carboxylic acids is 1. The summed E-state index contributed by atoms with van der Waals surface area (Å²) in [5, 5.41) is 0. The van der Waals surface area contributed by atoms with Crippen molar-refractivity contribution in [3.05, 3.63) is 52.1 Å². The van der Waals surface area contributed by atoms with Crippen molar-refractivity contribution in [1.82, 2.24) is 0 Å². The summed E-state index contributed by atoms with van der Waals surface area (Å²) in [7, 11) is 0. The van der Waals surface area contributed by atoms with Crippen molar-refractivity contribution in [3.8, 4) is 16.9 Å². The van der Waals surface area contributed by atoms with Crippen LogP contribution in [-0.4, -0.2) is 5.97 Å². The quantitative estimate of drug-likeness (QED) is 0.0703. The summed E-state index contributed by atoms with van der Waals surface area (Å²) in [5.41, 5.74) is -4.90. The molecule has 10 heteroatoms. The Hall–Kier alpha value is -2.65. The third-order valence-electron chi connectivity index (χ3n) is 8.21. The van der Waals surface area contributed by atoms with Crippen LogP contribution in [0.4, 0.5) is 35.1 Å². The molecular formula is C32H38F8O2. The van der Waals surface area contributed by atoms with Gasteiger partial charge in [-0.05, 0) is 44.4 Å². The molecule has 2 aromatic rings. The van der Waals surface area contributed by atoms with Gasteiger partial charge in [0.15, 0.2) is 34.9 Å². The van der Waals surface area contributed by atoms with Gasteiger partial charge in [0.1, 0.15) is 0 Å². The van der Waals surface area contributed by atoms with Crippen molar-refractivity contribution < 1.29 is 44.7 Å². The molecule has 42 heavy (non-hydrogen) atoms. The second kappa shape index (κ2) is 15.7. The van der Waals surface area contributed by atoms with E-state index in [-0.39, 0.29) is 6.42 Å². The normalized spacial score (nSPS) is 17.1. The third-order valence-corrected chi connectivity index (χ3v) is 8.21. The van der Waals surface area contributed by atoms with Crippen LogP contribution in [0.2, 0.25) is 0 Å². The predicted octanol–water partition coefficient (Wildman–Crippen LogP) is 10.7. The Morgan fingerprint density at radius 3 is 1.55 bits per heavy atom. The summed E-state index contributed by atoms with van der Waals surface area (Å²) in [5.74, 6) is -20.6. The fraction of sp³-hybridized carbons (Fsp3) is 0.594. The van der Waals surface area contributed by atoms with Crippen LogP contribution in [0, 0.1) is 58.4 Å². The van der Waals surface area contributed by atoms with Crippen molar-refractivity contribution in [1.29, 1.82) is 0 Å². The Morgan fingerprint density at radius 1 is 0.595 bits per heavy atom. The smallest absolute Gasteiger partial charge is 0.314 e. The predicted molar refractivity (Wildman–Crippen MR) is 144 cm³/mol. The van der Waals surface area contributed by atoms with E-state index in [9.17, 15) is 39.9 Å². The van der Waals surface area contributed by atoms with Crippen LogP contribution in [0.1, 0.15) is 109 Å². The molecule has 0 aliphatic heterocycles. The summed E-state index contributed by atoms with van der Waals surface area (Å²) < 4.78 is 123. The van der Waals surface area contributed by atoms with E-state index in [1.165, 1.54) is 32.1 Å². The van der Waals surface area contributed by atoms with Gasteiger partial charge in [-0.3, -0.25) is 4.79 Å². The largest absolute Gasteiger partial charge is 0.420 e. The van der Waals surface area contributed by atoms with Crippen molar-refractivity contribution in [2.24, 2.45) is 11.8 Å². The van der Waals surface area contributed by atoms with E-state index in [1.54, 1.807) is 6.92 Å². The molecule has 0 spiro atoms.